The minimum atomic E-state index is -0.550. The van der Waals surface area contributed by atoms with Gasteiger partial charge in [-0.05, 0) is 49.9 Å². The smallest absolute Gasteiger partial charge is 0.208 e. The van der Waals surface area contributed by atoms with E-state index < -0.39 is 5.54 Å². The van der Waals surface area contributed by atoms with Gasteiger partial charge in [-0.3, -0.25) is 0 Å². The zero-order valence-electron chi connectivity index (χ0n) is 18.7. The standard InChI is InChI=1S/C24H29N3O4S/c1-24(25,20-14-30-21-17(28-2)8-9-18(29-3)22(21)31-20)15-10-12-27(13-11-15)23-26-16-6-4-5-7-19(16)32-23/h4-9,15,20H,10-14,25H2,1-3H3. The number of nitrogens with two attached hydrogens (primary N) is 1. The first-order chi connectivity index (χ1) is 15.5. The predicted molar refractivity (Wildman–Crippen MR) is 127 cm³/mol. The molecule has 0 saturated carbocycles. The van der Waals surface area contributed by atoms with E-state index in [0.29, 0.717) is 35.5 Å². The molecule has 8 heteroatoms. The molecule has 3 aromatic rings. The first-order valence-electron chi connectivity index (χ1n) is 10.9. The van der Waals surface area contributed by atoms with E-state index in [1.54, 1.807) is 25.6 Å². The fourth-order valence-corrected chi connectivity index (χ4v) is 5.71. The van der Waals surface area contributed by atoms with Crippen LogP contribution in [0.3, 0.4) is 0 Å². The monoisotopic (exact) mass is 455 g/mol. The number of fused-ring (bicyclic) bond motifs is 2. The number of benzene rings is 2. The Bertz CT molecular complexity index is 1070. The highest BCUT2D eigenvalue weighted by Crippen LogP contribution is 2.48. The largest absolute Gasteiger partial charge is 0.493 e. The lowest BCUT2D eigenvalue weighted by Gasteiger charge is -2.45. The lowest BCUT2D eigenvalue weighted by molar-refractivity contribution is 0.00603. The number of rotatable bonds is 5. The molecule has 2 aromatic carbocycles. The van der Waals surface area contributed by atoms with Crippen molar-refractivity contribution in [3.8, 4) is 23.0 Å². The Morgan fingerprint density at radius 1 is 1.06 bits per heavy atom. The number of thiazole rings is 1. The number of hydrogen-bond acceptors (Lipinski definition) is 8. The molecular weight excluding hydrogens is 426 g/mol. The van der Waals surface area contributed by atoms with Gasteiger partial charge < -0.3 is 29.6 Å². The van der Waals surface area contributed by atoms with Gasteiger partial charge in [-0.1, -0.05) is 23.5 Å². The average molecular weight is 456 g/mol. The van der Waals surface area contributed by atoms with Crippen LogP contribution in [0.1, 0.15) is 19.8 Å². The Morgan fingerprint density at radius 3 is 2.44 bits per heavy atom. The topological polar surface area (TPSA) is 79.1 Å². The maximum absolute atomic E-state index is 6.92. The summed E-state index contributed by atoms with van der Waals surface area (Å²) in [7, 11) is 3.23. The van der Waals surface area contributed by atoms with Crippen LogP contribution in [0.15, 0.2) is 36.4 Å². The highest BCUT2D eigenvalue weighted by atomic mass is 32.1. The van der Waals surface area contributed by atoms with E-state index in [4.69, 9.17) is 29.7 Å². The molecule has 2 N–H and O–H groups in total. The van der Waals surface area contributed by atoms with Gasteiger partial charge in [0, 0.05) is 13.1 Å². The van der Waals surface area contributed by atoms with E-state index in [-0.39, 0.29) is 6.10 Å². The number of hydrogen-bond donors (Lipinski definition) is 1. The van der Waals surface area contributed by atoms with Crippen molar-refractivity contribution in [1.29, 1.82) is 0 Å². The molecule has 1 saturated heterocycles. The maximum Gasteiger partial charge on any atom is 0.208 e. The second kappa shape index (κ2) is 8.33. The Hall–Kier alpha value is -2.71. The minimum Gasteiger partial charge on any atom is -0.493 e. The van der Waals surface area contributed by atoms with Crippen LogP contribution in [-0.2, 0) is 0 Å². The summed E-state index contributed by atoms with van der Waals surface area (Å²) >= 11 is 1.75. The molecule has 0 bridgehead atoms. The average Bonchev–Trinajstić information content (AvgIpc) is 3.27. The van der Waals surface area contributed by atoms with Crippen molar-refractivity contribution in [1.82, 2.24) is 4.98 Å². The summed E-state index contributed by atoms with van der Waals surface area (Å²) in [4.78, 5) is 7.19. The van der Waals surface area contributed by atoms with Crippen LogP contribution in [0.25, 0.3) is 10.2 Å². The van der Waals surface area contributed by atoms with E-state index in [0.717, 1.165) is 36.6 Å². The SMILES string of the molecule is COc1ccc(OC)c2c1OCC(C(C)(N)C1CCN(c3nc4ccccc4s3)CC1)O2. The molecule has 0 aliphatic carbocycles. The number of aromatic nitrogens is 1. The van der Waals surface area contributed by atoms with Gasteiger partial charge in [0.05, 0.1) is 30.0 Å². The third kappa shape index (κ3) is 3.61. The molecule has 32 heavy (non-hydrogen) atoms. The summed E-state index contributed by atoms with van der Waals surface area (Å²) in [5.74, 6) is 2.69. The second-order valence-corrected chi connectivity index (χ2v) is 9.65. The number of piperidine rings is 1. The summed E-state index contributed by atoms with van der Waals surface area (Å²) in [6, 6.07) is 11.9. The Labute approximate surface area is 192 Å². The van der Waals surface area contributed by atoms with Gasteiger partial charge in [-0.15, -0.1) is 0 Å². The van der Waals surface area contributed by atoms with E-state index in [1.165, 1.54) is 4.70 Å². The molecule has 0 radical (unpaired) electrons. The van der Waals surface area contributed by atoms with E-state index in [9.17, 15) is 0 Å². The van der Waals surface area contributed by atoms with Gasteiger partial charge in [0.1, 0.15) is 6.61 Å². The summed E-state index contributed by atoms with van der Waals surface area (Å²) < 4.78 is 24.6. The molecule has 0 amide bonds. The normalized spacial score (nSPS) is 20.8. The molecule has 0 spiro atoms. The van der Waals surface area contributed by atoms with Crippen molar-refractivity contribution < 1.29 is 18.9 Å². The molecule has 170 valence electrons. The third-order valence-corrected chi connectivity index (χ3v) is 7.84. The molecular formula is C24H29N3O4S. The van der Waals surface area contributed by atoms with Crippen LogP contribution in [0.4, 0.5) is 5.13 Å². The van der Waals surface area contributed by atoms with Crippen molar-refractivity contribution in [2.75, 3.05) is 38.8 Å². The highest BCUT2D eigenvalue weighted by molar-refractivity contribution is 7.22. The van der Waals surface area contributed by atoms with Gasteiger partial charge in [-0.2, -0.15) is 0 Å². The molecule has 3 heterocycles. The van der Waals surface area contributed by atoms with Crippen LogP contribution >= 0.6 is 11.3 Å². The lowest BCUT2D eigenvalue weighted by atomic mass is 9.76. The highest BCUT2D eigenvalue weighted by Gasteiger charge is 2.44. The second-order valence-electron chi connectivity index (χ2n) is 8.64. The zero-order chi connectivity index (χ0) is 22.3. The van der Waals surface area contributed by atoms with Gasteiger partial charge >= 0.3 is 0 Å². The third-order valence-electron chi connectivity index (χ3n) is 6.74. The molecule has 5 rings (SSSR count). The van der Waals surface area contributed by atoms with Crippen LogP contribution in [0.5, 0.6) is 23.0 Å². The minimum absolute atomic E-state index is 0.282. The van der Waals surface area contributed by atoms with E-state index >= 15 is 0 Å². The maximum atomic E-state index is 6.92. The number of ether oxygens (including phenoxy) is 4. The number of methoxy groups -OCH3 is 2. The number of para-hydroxylation sites is 1. The molecule has 2 aliphatic rings. The molecule has 1 aromatic heterocycles. The zero-order valence-corrected chi connectivity index (χ0v) is 19.5. The molecule has 2 aliphatic heterocycles. The number of anilines is 1. The molecule has 7 nitrogen and oxygen atoms in total. The van der Waals surface area contributed by atoms with Gasteiger partial charge in [-0.25, -0.2) is 4.98 Å². The van der Waals surface area contributed by atoms with E-state index in [2.05, 4.69) is 30.0 Å². The predicted octanol–water partition coefficient (Wildman–Crippen LogP) is 4.09. The lowest BCUT2D eigenvalue weighted by Crippen LogP contribution is -2.61. The number of nitrogens with zero attached hydrogens (tertiary/aromatic N) is 2. The van der Waals surface area contributed by atoms with Crippen molar-refractivity contribution in [2.24, 2.45) is 11.7 Å². The van der Waals surface area contributed by atoms with E-state index in [1.807, 2.05) is 18.2 Å². The molecule has 1 fully saturated rings. The molecule has 2 unspecified atom stereocenters. The van der Waals surface area contributed by atoms with Gasteiger partial charge in [0.25, 0.3) is 0 Å². The summed E-state index contributed by atoms with van der Waals surface area (Å²) in [6.07, 6.45) is 1.67. The van der Waals surface area contributed by atoms with Crippen LogP contribution in [0.2, 0.25) is 0 Å². The van der Waals surface area contributed by atoms with Crippen molar-refractivity contribution >= 4 is 26.7 Å². The Kier molecular flexibility index (Phi) is 5.51. The van der Waals surface area contributed by atoms with Gasteiger partial charge in [0.15, 0.2) is 22.7 Å². The van der Waals surface area contributed by atoms with Crippen LogP contribution in [-0.4, -0.2) is 50.5 Å². The first-order valence-corrected chi connectivity index (χ1v) is 11.8. The summed E-state index contributed by atoms with van der Waals surface area (Å²) in [5, 5.41) is 1.09. The first kappa shape index (κ1) is 21.2. The van der Waals surface area contributed by atoms with Crippen LogP contribution in [0, 0.1) is 5.92 Å². The van der Waals surface area contributed by atoms with Crippen molar-refractivity contribution in [3.63, 3.8) is 0 Å². The summed E-state index contributed by atoms with van der Waals surface area (Å²) in [6.45, 7) is 4.31. The Morgan fingerprint density at radius 2 is 1.75 bits per heavy atom. The summed E-state index contributed by atoms with van der Waals surface area (Å²) in [5.41, 5.74) is 7.44. The van der Waals surface area contributed by atoms with Gasteiger partial charge in [0.2, 0.25) is 11.5 Å². The van der Waals surface area contributed by atoms with Crippen molar-refractivity contribution in [2.45, 2.75) is 31.4 Å². The fraction of sp³-hybridized carbons (Fsp3) is 0.458. The fourth-order valence-electron chi connectivity index (χ4n) is 4.69. The van der Waals surface area contributed by atoms with Crippen molar-refractivity contribution in [3.05, 3.63) is 36.4 Å². The quantitative estimate of drug-likeness (QED) is 0.621. The molecule has 2 atom stereocenters. The van der Waals surface area contributed by atoms with Crippen LogP contribution < -0.4 is 29.6 Å². The Balaban J connectivity index is 1.30.